The summed E-state index contributed by atoms with van der Waals surface area (Å²) >= 11 is 1.21. The Morgan fingerprint density at radius 2 is 1.94 bits per heavy atom. The van der Waals surface area contributed by atoms with E-state index in [0.717, 1.165) is 25.8 Å². The van der Waals surface area contributed by atoms with Gasteiger partial charge in [0.05, 0.1) is 12.1 Å². The van der Waals surface area contributed by atoms with Crippen LogP contribution in [-0.2, 0) is 14.3 Å². The van der Waals surface area contributed by atoms with Crippen molar-refractivity contribution < 1.29 is 24.2 Å². The lowest BCUT2D eigenvalue weighted by atomic mass is 9.80. The van der Waals surface area contributed by atoms with Crippen molar-refractivity contribution in [3.05, 3.63) is 16.1 Å². The molecule has 5 atom stereocenters. The normalized spacial score (nSPS) is 21.7. The molecule has 2 rings (SSSR count). The minimum Gasteiger partial charge on any atom is -0.461 e. The number of hydrogen-bond acceptors (Lipinski definition) is 8. The molecule has 9 heteroatoms. The molecule has 0 unspecified atom stereocenters. The zero-order valence-corrected chi connectivity index (χ0v) is 24.1. The second kappa shape index (κ2) is 13.1. The van der Waals surface area contributed by atoms with Crippen molar-refractivity contribution in [1.82, 2.24) is 14.8 Å². The average molecular weight is 524 g/mol. The van der Waals surface area contributed by atoms with Crippen LogP contribution in [0.5, 0.6) is 0 Å². The van der Waals surface area contributed by atoms with E-state index in [1.165, 1.54) is 11.3 Å². The number of carbonyl (C=O) groups is 3. The monoisotopic (exact) mass is 523 g/mol. The number of rotatable bonds is 13. The summed E-state index contributed by atoms with van der Waals surface area (Å²) in [5, 5.41) is 13.0. The molecule has 0 aromatic carbocycles. The largest absolute Gasteiger partial charge is 0.461 e. The predicted octanol–water partition coefficient (Wildman–Crippen LogP) is 4.33. The van der Waals surface area contributed by atoms with Gasteiger partial charge in [0, 0.05) is 37.2 Å². The van der Waals surface area contributed by atoms with Gasteiger partial charge in [0.2, 0.25) is 5.91 Å². The van der Waals surface area contributed by atoms with Gasteiger partial charge in [0.25, 0.3) is 0 Å². The average Bonchev–Trinajstić information content (AvgIpc) is 3.47. The second-order valence-electron chi connectivity index (χ2n) is 10.7. The summed E-state index contributed by atoms with van der Waals surface area (Å²) in [5.74, 6) is -0.716. The molecule has 0 spiro atoms. The first-order valence-electron chi connectivity index (χ1n) is 13.2. The van der Waals surface area contributed by atoms with Crippen LogP contribution in [0, 0.1) is 17.8 Å². The van der Waals surface area contributed by atoms with Crippen LogP contribution < -0.4 is 0 Å². The van der Waals surface area contributed by atoms with Crippen LogP contribution in [0.1, 0.15) is 95.2 Å². The van der Waals surface area contributed by atoms with Gasteiger partial charge in [0.15, 0.2) is 11.5 Å². The molecule has 1 N–H and O–H groups in total. The molecule has 0 aliphatic carbocycles. The summed E-state index contributed by atoms with van der Waals surface area (Å²) in [6.07, 6.45) is 2.20. The number of ketones is 1. The van der Waals surface area contributed by atoms with Crippen molar-refractivity contribution >= 4 is 29.0 Å². The van der Waals surface area contributed by atoms with Gasteiger partial charge in [-0.2, -0.15) is 0 Å². The molecule has 2 heterocycles. The first kappa shape index (κ1) is 30.4. The maximum Gasteiger partial charge on any atom is 0.357 e. The van der Waals surface area contributed by atoms with Gasteiger partial charge in [-0.3, -0.25) is 14.5 Å². The van der Waals surface area contributed by atoms with Gasteiger partial charge in [-0.25, -0.2) is 9.78 Å². The minimum atomic E-state index is -0.921. The van der Waals surface area contributed by atoms with Crippen LogP contribution in [0.3, 0.4) is 0 Å². The maximum atomic E-state index is 13.8. The molecule has 0 saturated carbocycles. The van der Waals surface area contributed by atoms with Crippen molar-refractivity contribution in [2.75, 3.05) is 27.2 Å². The molecule has 1 aromatic heterocycles. The van der Waals surface area contributed by atoms with E-state index in [1.807, 2.05) is 41.7 Å². The van der Waals surface area contributed by atoms with E-state index in [-0.39, 0.29) is 54.7 Å². The highest BCUT2D eigenvalue weighted by Gasteiger charge is 2.43. The molecule has 1 aliphatic rings. The van der Waals surface area contributed by atoms with E-state index in [1.54, 1.807) is 24.3 Å². The highest BCUT2D eigenvalue weighted by Crippen LogP contribution is 2.34. The Morgan fingerprint density at radius 1 is 1.28 bits per heavy atom. The number of likely N-dealkylation sites (N-methyl/N-ethyl adjacent to an activating group) is 1. The number of likely N-dealkylation sites (tertiary alicyclic amines) is 1. The summed E-state index contributed by atoms with van der Waals surface area (Å²) in [5.41, 5.74) is -0.332. The third-order valence-corrected chi connectivity index (χ3v) is 8.97. The fourth-order valence-electron chi connectivity index (χ4n) is 5.06. The van der Waals surface area contributed by atoms with Gasteiger partial charge < -0.3 is 14.7 Å². The lowest BCUT2D eigenvalue weighted by molar-refractivity contribution is -0.143. The van der Waals surface area contributed by atoms with Gasteiger partial charge in [-0.05, 0) is 52.1 Å². The van der Waals surface area contributed by atoms with Crippen LogP contribution in [0.4, 0.5) is 0 Å². The quantitative estimate of drug-likeness (QED) is 0.384. The molecule has 204 valence electrons. The first-order valence-corrected chi connectivity index (χ1v) is 14.1. The minimum absolute atomic E-state index is 0.0563. The van der Waals surface area contributed by atoms with Gasteiger partial charge >= 0.3 is 5.97 Å². The lowest BCUT2D eigenvalue weighted by Crippen LogP contribution is -2.50. The number of esters is 1. The van der Waals surface area contributed by atoms with Crippen molar-refractivity contribution in [3.63, 3.8) is 0 Å². The summed E-state index contributed by atoms with van der Waals surface area (Å²) in [4.78, 5) is 47.3. The number of amides is 1. The third kappa shape index (κ3) is 6.92. The molecule has 1 saturated heterocycles. The van der Waals surface area contributed by atoms with Crippen LogP contribution >= 0.6 is 11.3 Å². The number of thiazole rings is 1. The Bertz CT molecular complexity index is 904. The molecule has 0 radical (unpaired) electrons. The highest BCUT2D eigenvalue weighted by atomic mass is 32.1. The van der Waals surface area contributed by atoms with E-state index in [4.69, 9.17) is 4.74 Å². The van der Waals surface area contributed by atoms with Gasteiger partial charge in [-0.15, -0.1) is 11.3 Å². The SMILES string of the molecule is CCOC(=O)c1csc([C@H](O)C[C@H](C(C)C)N(C)C(=O)[C@@H](CC(=O)[C@@]2(C)CCCN2C)[C@@H](C)CC)n1. The van der Waals surface area contributed by atoms with Gasteiger partial charge in [-0.1, -0.05) is 34.1 Å². The Kier molecular flexibility index (Phi) is 11.1. The number of nitrogens with zero attached hydrogens (tertiary/aromatic N) is 3. The summed E-state index contributed by atoms with van der Waals surface area (Å²) in [6.45, 7) is 13.0. The molecular formula is C27H45N3O5S. The van der Waals surface area contributed by atoms with E-state index in [0.29, 0.717) is 5.01 Å². The molecule has 8 nitrogen and oxygen atoms in total. The number of aliphatic hydroxyl groups excluding tert-OH is 1. The van der Waals surface area contributed by atoms with Crippen LogP contribution in [0.15, 0.2) is 5.38 Å². The summed E-state index contributed by atoms with van der Waals surface area (Å²) in [6, 6.07) is -0.256. The molecule has 1 amide bonds. The standard InChI is InChI=1S/C27H45N3O5S/c1-9-18(5)19(14-23(32)27(6)12-11-13-29(27)7)25(33)30(8)21(17(3)4)15-22(31)24-28-20(16-36-24)26(34)35-10-2/h16-19,21-22,31H,9-15H2,1-8H3/t18-,19-,21+,22+,27+/m0/s1. The molecular weight excluding hydrogens is 478 g/mol. The molecule has 36 heavy (non-hydrogen) atoms. The fourth-order valence-corrected chi connectivity index (χ4v) is 5.84. The Morgan fingerprint density at radius 3 is 2.47 bits per heavy atom. The topological polar surface area (TPSA) is 100 Å². The second-order valence-corrected chi connectivity index (χ2v) is 11.6. The number of hydrogen-bond donors (Lipinski definition) is 1. The molecule has 1 aliphatic heterocycles. The van der Waals surface area contributed by atoms with Crippen LogP contribution in [0.2, 0.25) is 0 Å². The van der Waals surface area contributed by atoms with E-state index < -0.39 is 23.5 Å². The molecule has 0 bridgehead atoms. The van der Waals surface area contributed by atoms with Crippen LogP contribution in [0.25, 0.3) is 0 Å². The van der Waals surface area contributed by atoms with Gasteiger partial charge in [0.1, 0.15) is 11.1 Å². The number of ether oxygens (including phenoxy) is 1. The zero-order chi connectivity index (χ0) is 27.2. The van der Waals surface area contributed by atoms with Crippen molar-refractivity contribution in [1.29, 1.82) is 0 Å². The fraction of sp³-hybridized carbons (Fsp3) is 0.778. The van der Waals surface area contributed by atoms with Crippen molar-refractivity contribution in [2.45, 2.75) is 91.3 Å². The zero-order valence-electron chi connectivity index (χ0n) is 23.2. The predicted molar refractivity (Wildman–Crippen MR) is 142 cm³/mol. The lowest BCUT2D eigenvalue weighted by Gasteiger charge is -2.37. The number of carbonyl (C=O) groups excluding carboxylic acids is 3. The van der Waals surface area contributed by atoms with E-state index >= 15 is 0 Å². The molecule has 1 aromatic rings. The first-order chi connectivity index (χ1) is 16.9. The summed E-state index contributed by atoms with van der Waals surface area (Å²) in [7, 11) is 3.76. The number of aromatic nitrogens is 1. The molecule has 1 fully saturated rings. The number of Topliss-reactive ketones (excluding diaryl/α,β-unsaturated/α-hetero) is 1. The Balaban J connectivity index is 2.19. The van der Waals surface area contributed by atoms with Crippen LogP contribution in [-0.4, -0.2) is 76.4 Å². The highest BCUT2D eigenvalue weighted by molar-refractivity contribution is 7.09. The Labute approximate surface area is 220 Å². The number of aliphatic hydroxyl groups is 1. The van der Waals surface area contributed by atoms with E-state index in [9.17, 15) is 19.5 Å². The smallest absolute Gasteiger partial charge is 0.357 e. The van der Waals surface area contributed by atoms with Crippen molar-refractivity contribution in [2.24, 2.45) is 17.8 Å². The van der Waals surface area contributed by atoms with E-state index in [2.05, 4.69) is 9.88 Å². The van der Waals surface area contributed by atoms with Crippen molar-refractivity contribution in [3.8, 4) is 0 Å². The third-order valence-electron chi connectivity index (χ3n) is 8.02. The Hall–Kier alpha value is -1.84. The summed E-state index contributed by atoms with van der Waals surface area (Å²) < 4.78 is 4.99. The maximum absolute atomic E-state index is 13.8.